The lowest BCUT2D eigenvalue weighted by Crippen LogP contribution is -2.44. The Morgan fingerprint density at radius 2 is 1.83 bits per heavy atom. The topological polar surface area (TPSA) is 76.7 Å². The van der Waals surface area contributed by atoms with Gasteiger partial charge >= 0.3 is 0 Å². The standard InChI is InChI=1S/C18H18N2O4/c1-12(21)19-15(9-13-5-3-2-4-6-13)18(22)20-14-7-8-16-17(10-14)24-11-23-16/h2-8,10,15H,9,11H2,1H3,(H,19,21)(H,20,22)/t15-/m0/s1. The zero-order valence-electron chi connectivity index (χ0n) is 13.2. The molecule has 6 heteroatoms. The number of fused-ring (bicyclic) bond motifs is 1. The summed E-state index contributed by atoms with van der Waals surface area (Å²) in [7, 11) is 0. The van der Waals surface area contributed by atoms with Crippen LogP contribution in [0.2, 0.25) is 0 Å². The van der Waals surface area contributed by atoms with Gasteiger partial charge in [-0.2, -0.15) is 0 Å². The van der Waals surface area contributed by atoms with E-state index in [0.717, 1.165) is 5.56 Å². The Kier molecular flexibility index (Phi) is 4.65. The second-order valence-corrected chi connectivity index (χ2v) is 5.50. The molecule has 1 aliphatic heterocycles. The molecule has 0 unspecified atom stereocenters. The lowest BCUT2D eigenvalue weighted by Gasteiger charge is -2.18. The molecule has 0 radical (unpaired) electrons. The first-order valence-electron chi connectivity index (χ1n) is 7.63. The van der Waals surface area contributed by atoms with Gasteiger partial charge in [0.15, 0.2) is 11.5 Å². The van der Waals surface area contributed by atoms with Crippen LogP contribution < -0.4 is 20.1 Å². The van der Waals surface area contributed by atoms with Crippen LogP contribution in [0, 0.1) is 0 Å². The minimum absolute atomic E-state index is 0.176. The highest BCUT2D eigenvalue weighted by Gasteiger charge is 2.21. The molecule has 0 saturated heterocycles. The number of carbonyl (C=O) groups is 2. The number of carbonyl (C=O) groups excluding carboxylic acids is 2. The zero-order valence-corrected chi connectivity index (χ0v) is 13.2. The molecule has 2 N–H and O–H groups in total. The quantitative estimate of drug-likeness (QED) is 0.882. The summed E-state index contributed by atoms with van der Waals surface area (Å²) < 4.78 is 10.5. The Hall–Kier alpha value is -3.02. The number of anilines is 1. The molecule has 6 nitrogen and oxygen atoms in total. The third-order valence-corrected chi connectivity index (χ3v) is 3.62. The lowest BCUT2D eigenvalue weighted by atomic mass is 10.1. The van der Waals surface area contributed by atoms with Crippen LogP contribution in [-0.4, -0.2) is 24.6 Å². The maximum Gasteiger partial charge on any atom is 0.247 e. The van der Waals surface area contributed by atoms with Crippen LogP contribution in [0.1, 0.15) is 12.5 Å². The van der Waals surface area contributed by atoms with Gasteiger partial charge in [-0.05, 0) is 17.7 Å². The number of hydrogen-bond acceptors (Lipinski definition) is 4. The summed E-state index contributed by atoms with van der Waals surface area (Å²) in [5, 5.41) is 5.50. The van der Waals surface area contributed by atoms with Crippen LogP contribution in [0.5, 0.6) is 11.5 Å². The van der Waals surface area contributed by atoms with Crippen molar-refractivity contribution in [3.05, 3.63) is 54.1 Å². The Morgan fingerprint density at radius 3 is 2.58 bits per heavy atom. The van der Waals surface area contributed by atoms with Crippen molar-refractivity contribution in [3.63, 3.8) is 0 Å². The van der Waals surface area contributed by atoms with Crippen molar-refractivity contribution in [1.82, 2.24) is 5.32 Å². The maximum atomic E-state index is 12.6. The first-order valence-corrected chi connectivity index (χ1v) is 7.63. The highest BCUT2D eigenvalue weighted by Crippen LogP contribution is 2.34. The second-order valence-electron chi connectivity index (χ2n) is 5.50. The molecule has 0 bridgehead atoms. The van der Waals surface area contributed by atoms with Crippen molar-refractivity contribution in [3.8, 4) is 11.5 Å². The number of ether oxygens (including phenoxy) is 2. The van der Waals surface area contributed by atoms with E-state index >= 15 is 0 Å². The minimum Gasteiger partial charge on any atom is -0.454 e. The summed E-state index contributed by atoms with van der Waals surface area (Å²) in [6.45, 7) is 1.57. The number of nitrogens with one attached hydrogen (secondary N) is 2. The fraction of sp³-hybridized carbons (Fsp3) is 0.222. The second kappa shape index (κ2) is 7.04. The van der Waals surface area contributed by atoms with Gasteiger partial charge < -0.3 is 20.1 Å². The Balaban J connectivity index is 1.72. The molecule has 124 valence electrons. The van der Waals surface area contributed by atoms with E-state index in [1.54, 1.807) is 18.2 Å². The zero-order chi connectivity index (χ0) is 16.9. The predicted octanol–water partition coefficient (Wildman–Crippen LogP) is 2.10. The molecule has 0 aliphatic carbocycles. The fourth-order valence-electron chi connectivity index (χ4n) is 2.51. The van der Waals surface area contributed by atoms with Crippen LogP contribution in [0.4, 0.5) is 5.69 Å². The molecule has 0 spiro atoms. The van der Waals surface area contributed by atoms with Gasteiger partial charge in [0, 0.05) is 25.1 Å². The summed E-state index contributed by atoms with van der Waals surface area (Å²) >= 11 is 0. The van der Waals surface area contributed by atoms with E-state index in [1.165, 1.54) is 6.92 Å². The first kappa shape index (κ1) is 15.9. The van der Waals surface area contributed by atoms with Crippen molar-refractivity contribution in [2.75, 3.05) is 12.1 Å². The van der Waals surface area contributed by atoms with E-state index in [9.17, 15) is 9.59 Å². The Bertz CT molecular complexity index is 746. The first-order chi connectivity index (χ1) is 11.6. The van der Waals surface area contributed by atoms with Crippen molar-refractivity contribution < 1.29 is 19.1 Å². The molecule has 2 aromatic rings. The van der Waals surface area contributed by atoms with Gasteiger partial charge in [0.05, 0.1) is 0 Å². The molecule has 0 fully saturated rings. The average molecular weight is 326 g/mol. The van der Waals surface area contributed by atoms with Gasteiger partial charge in [0.25, 0.3) is 0 Å². The number of rotatable bonds is 5. The van der Waals surface area contributed by atoms with E-state index in [2.05, 4.69) is 10.6 Å². The molecule has 1 atom stereocenters. The van der Waals surface area contributed by atoms with Crippen molar-refractivity contribution >= 4 is 17.5 Å². The monoisotopic (exact) mass is 326 g/mol. The van der Waals surface area contributed by atoms with E-state index in [0.29, 0.717) is 23.6 Å². The summed E-state index contributed by atoms with van der Waals surface area (Å²) in [5.74, 6) is 0.701. The third kappa shape index (κ3) is 3.84. The maximum absolute atomic E-state index is 12.6. The SMILES string of the molecule is CC(=O)N[C@@H](Cc1ccccc1)C(=O)Nc1ccc2c(c1)OCO2. The smallest absolute Gasteiger partial charge is 0.247 e. The van der Waals surface area contributed by atoms with E-state index in [4.69, 9.17) is 9.47 Å². The van der Waals surface area contributed by atoms with E-state index in [-0.39, 0.29) is 18.6 Å². The van der Waals surface area contributed by atoms with Gasteiger partial charge in [-0.3, -0.25) is 9.59 Å². The minimum atomic E-state index is -0.657. The summed E-state index contributed by atoms with van der Waals surface area (Å²) in [4.78, 5) is 24.0. The van der Waals surface area contributed by atoms with Crippen molar-refractivity contribution in [1.29, 1.82) is 0 Å². The largest absolute Gasteiger partial charge is 0.454 e. The fourth-order valence-corrected chi connectivity index (χ4v) is 2.51. The molecule has 2 amide bonds. The van der Waals surface area contributed by atoms with Crippen molar-refractivity contribution in [2.24, 2.45) is 0 Å². The third-order valence-electron chi connectivity index (χ3n) is 3.62. The number of benzene rings is 2. The highest BCUT2D eigenvalue weighted by molar-refractivity contribution is 5.97. The molecule has 2 aromatic carbocycles. The molecule has 0 aromatic heterocycles. The molecule has 1 aliphatic rings. The summed E-state index contributed by atoms with van der Waals surface area (Å²) in [6.07, 6.45) is 0.413. The molecular weight excluding hydrogens is 308 g/mol. The number of hydrogen-bond donors (Lipinski definition) is 2. The molecule has 24 heavy (non-hydrogen) atoms. The average Bonchev–Trinajstić information content (AvgIpc) is 3.02. The lowest BCUT2D eigenvalue weighted by molar-refractivity contribution is -0.125. The molecule has 0 saturated carbocycles. The van der Waals surface area contributed by atoms with Crippen LogP contribution in [0.15, 0.2) is 48.5 Å². The number of amides is 2. The van der Waals surface area contributed by atoms with E-state index < -0.39 is 6.04 Å². The summed E-state index contributed by atoms with van der Waals surface area (Å²) in [5.41, 5.74) is 1.56. The predicted molar refractivity (Wildman–Crippen MR) is 88.9 cm³/mol. The van der Waals surface area contributed by atoms with Gasteiger partial charge in [-0.15, -0.1) is 0 Å². The van der Waals surface area contributed by atoms with Crippen LogP contribution in [-0.2, 0) is 16.0 Å². The molecule has 1 heterocycles. The van der Waals surface area contributed by atoms with Gasteiger partial charge in [-0.1, -0.05) is 30.3 Å². The van der Waals surface area contributed by atoms with Crippen LogP contribution in [0.25, 0.3) is 0 Å². The molecule has 3 rings (SSSR count). The van der Waals surface area contributed by atoms with Gasteiger partial charge in [-0.25, -0.2) is 0 Å². The van der Waals surface area contributed by atoms with Gasteiger partial charge in [0.1, 0.15) is 6.04 Å². The van der Waals surface area contributed by atoms with Crippen LogP contribution >= 0.6 is 0 Å². The van der Waals surface area contributed by atoms with Crippen LogP contribution in [0.3, 0.4) is 0 Å². The van der Waals surface area contributed by atoms with E-state index in [1.807, 2.05) is 30.3 Å². The molecular formula is C18H18N2O4. The highest BCUT2D eigenvalue weighted by atomic mass is 16.7. The Morgan fingerprint density at radius 1 is 1.08 bits per heavy atom. The van der Waals surface area contributed by atoms with Gasteiger partial charge in [0.2, 0.25) is 18.6 Å². The Labute approximate surface area is 139 Å². The summed E-state index contributed by atoms with van der Waals surface area (Å²) in [6, 6.07) is 14.1. The normalized spacial score (nSPS) is 13.2. The van der Waals surface area contributed by atoms with Crippen molar-refractivity contribution in [2.45, 2.75) is 19.4 Å².